The van der Waals surface area contributed by atoms with E-state index in [0.717, 1.165) is 88.3 Å². The lowest BCUT2D eigenvalue weighted by atomic mass is 9.98. The van der Waals surface area contributed by atoms with Crippen LogP contribution in [0.4, 0.5) is 0 Å². The van der Waals surface area contributed by atoms with Crippen molar-refractivity contribution < 1.29 is 0 Å². The first-order valence-corrected chi connectivity index (χ1v) is 20.2. The first kappa shape index (κ1) is 33.9. The average molecular weight is 767 g/mol. The minimum Gasteiger partial charge on any atom is -0.291 e. The van der Waals surface area contributed by atoms with Crippen molar-refractivity contribution in [3.05, 3.63) is 206 Å². The van der Waals surface area contributed by atoms with E-state index in [4.69, 9.17) is 19.9 Å². The molecule has 0 saturated heterocycles. The largest absolute Gasteiger partial charge is 0.291 e. The summed E-state index contributed by atoms with van der Waals surface area (Å²) in [6.45, 7) is 0. The van der Waals surface area contributed by atoms with Crippen molar-refractivity contribution in [2.75, 3.05) is 0 Å². The number of aromatic nitrogens is 6. The summed E-state index contributed by atoms with van der Waals surface area (Å²) in [7, 11) is 0. The van der Waals surface area contributed by atoms with E-state index in [1.54, 1.807) is 0 Å². The maximum absolute atomic E-state index is 5.54. The van der Waals surface area contributed by atoms with Crippen LogP contribution in [0.25, 0.3) is 111 Å². The summed E-state index contributed by atoms with van der Waals surface area (Å²) in [5.41, 5.74) is 11.4. The zero-order chi connectivity index (χ0) is 39.6. The molecule has 4 aromatic heterocycles. The smallest absolute Gasteiger partial charge is 0.238 e. The molecule has 6 heteroatoms. The van der Waals surface area contributed by atoms with Gasteiger partial charge >= 0.3 is 0 Å². The fraction of sp³-hybridized carbons (Fsp3) is 0. The molecule has 0 aliphatic rings. The Balaban J connectivity index is 1.19. The average Bonchev–Trinajstić information content (AvgIpc) is 3.90. The van der Waals surface area contributed by atoms with Crippen LogP contribution < -0.4 is 0 Å². The number of fused-ring (bicyclic) bond motifs is 10. The quantitative estimate of drug-likeness (QED) is 0.158. The van der Waals surface area contributed by atoms with Gasteiger partial charge in [-0.3, -0.25) is 8.97 Å². The Morgan fingerprint density at radius 1 is 0.300 bits per heavy atom. The minimum atomic E-state index is 0.562. The SMILES string of the molecule is c1ccc(-c2ccc(-c3nc(-c4ccccc4)c4c5ccccc5c5c6c7ccccc7n(-c7nc(-c8ccccc8)nc(-c8ccccc8)n7)c6ccc5n34)cc2)cc1. The predicted molar refractivity (Wildman–Crippen MR) is 245 cm³/mol. The van der Waals surface area contributed by atoms with Gasteiger partial charge in [-0.25, -0.2) is 9.97 Å². The number of hydrogen-bond acceptors (Lipinski definition) is 4. The van der Waals surface area contributed by atoms with Gasteiger partial charge in [0, 0.05) is 43.8 Å². The van der Waals surface area contributed by atoms with Crippen LogP contribution in [0.5, 0.6) is 0 Å². The second-order valence-electron chi connectivity index (χ2n) is 15.0. The van der Waals surface area contributed by atoms with Crippen LogP contribution in [0.15, 0.2) is 206 Å². The topological polar surface area (TPSA) is 60.9 Å². The highest BCUT2D eigenvalue weighted by Crippen LogP contribution is 2.44. The summed E-state index contributed by atoms with van der Waals surface area (Å²) in [6, 6.07) is 72.0. The molecule has 0 fully saturated rings. The normalized spacial score (nSPS) is 11.7. The lowest BCUT2D eigenvalue weighted by Crippen LogP contribution is -2.06. The molecular formula is C54H34N6. The molecule has 0 atom stereocenters. The lowest BCUT2D eigenvalue weighted by Gasteiger charge is -2.14. The van der Waals surface area contributed by atoms with Crippen molar-refractivity contribution in [1.82, 2.24) is 28.9 Å². The van der Waals surface area contributed by atoms with Crippen LogP contribution >= 0.6 is 0 Å². The molecule has 4 heterocycles. The third-order valence-corrected chi connectivity index (χ3v) is 11.6. The van der Waals surface area contributed by atoms with Gasteiger partial charge in [0.15, 0.2) is 11.6 Å². The molecule has 12 aromatic rings. The van der Waals surface area contributed by atoms with Gasteiger partial charge in [0.25, 0.3) is 0 Å². The minimum absolute atomic E-state index is 0.562. The van der Waals surface area contributed by atoms with Crippen molar-refractivity contribution in [2.45, 2.75) is 0 Å². The molecule has 0 N–H and O–H groups in total. The van der Waals surface area contributed by atoms with Gasteiger partial charge in [0.2, 0.25) is 5.95 Å². The number of hydrogen-bond donors (Lipinski definition) is 0. The van der Waals surface area contributed by atoms with Gasteiger partial charge in [-0.15, -0.1) is 0 Å². The second kappa shape index (κ2) is 13.7. The summed E-state index contributed by atoms with van der Waals surface area (Å²) < 4.78 is 4.59. The van der Waals surface area contributed by atoms with Crippen LogP contribution in [0.2, 0.25) is 0 Å². The summed E-state index contributed by atoms with van der Waals surface area (Å²) >= 11 is 0. The van der Waals surface area contributed by atoms with E-state index in [1.165, 1.54) is 5.56 Å². The van der Waals surface area contributed by atoms with Crippen LogP contribution in [-0.2, 0) is 0 Å². The third kappa shape index (κ3) is 5.35. The standard InChI is InChI=1S/C54H34N6/c1-5-17-35(18-6-1)36-29-31-40(32-30-36)53-55-49(37-19-7-2-8-20-37)50-42-26-14-13-25-41(42)47-46(60(50)53)34-33-45-48(47)43-27-15-16-28-44(43)59(45)54-57-51(38-21-9-3-10-22-38)56-52(58-54)39-23-11-4-12-24-39/h1-34H. The van der Waals surface area contributed by atoms with Crippen molar-refractivity contribution in [1.29, 1.82) is 0 Å². The number of para-hydroxylation sites is 1. The second-order valence-corrected chi connectivity index (χ2v) is 15.0. The van der Waals surface area contributed by atoms with E-state index in [-0.39, 0.29) is 0 Å². The number of pyridine rings is 1. The van der Waals surface area contributed by atoms with Gasteiger partial charge in [-0.1, -0.05) is 188 Å². The van der Waals surface area contributed by atoms with E-state index in [1.807, 2.05) is 60.7 Å². The number of imidazole rings is 1. The fourth-order valence-electron chi connectivity index (χ4n) is 8.87. The van der Waals surface area contributed by atoms with Gasteiger partial charge in [0.1, 0.15) is 5.82 Å². The Bertz CT molecular complexity index is 3500. The number of benzene rings is 8. The fourth-order valence-corrected chi connectivity index (χ4v) is 8.87. The summed E-state index contributed by atoms with van der Waals surface area (Å²) in [6.07, 6.45) is 0. The molecule has 280 valence electrons. The molecule has 8 aromatic carbocycles. The molecule has 0 saturated carbocycles. The monoisotopic (exact) mass is 766 g/mol. The van der Waals surface area contributed by atoms with Crippen LogP contribution in [0.1, 0.15) is 0 Å². The summed E-state index contributed by atoms with van der Waals surface area (Å²) in [5.74, 6) is 2.69. The lowest BCUT2D eigenvalue weighted by molar-refractivity contribution is 0.953. The molecule has 60 heavy (non-hydrogen) atoms. The molecule has 6 nitrogen and oxygen atoms in total. The van der Waals surface area contributed by atoms with E-state index in [2.05, 4.69) is 155 Å². The van der Waals surface area contributed by atoms with Crippen molar-refractivity contribution in [2.24, 2.45) is 0 Å². The first-order chi connectivity index (χ1) is 29.8. The maximum atomic E-state index is 5.54. The molecule has 0 aliphatic heterocycles. The Labute approximate surface area is 345 Å². The zero-order valence-corrected chi connectivity index (χ0v) is 32.3. The van der Waals surface area contributed by atoms with Crippen LogP contribution in [-0.4, -0.2) is 28.9 Å². The van der Waals surface area contributed by atoms with Gasteiger partial charge in [-0.05, 0) is 34.7 Å². The molecule has 12 rings (SSSR count). The number of rotatable bonds is 6. The van der Waals surface area contributed by atoms with Gasteiger partial charge in [0.05, 0.1) is 27.8 Å². The predicted octanol–water partition coefficient (Wildman–Crippen LogP) is 13.3. The highest BCUT2D eigenvalue weighted by Gasteiger charge is 2.25. The first-order valence-electron chi connectivity index (χ1n) is 20.2. The molecule has 0 amide bonds. The van der Waals surface area contributed by atoms with Gasteiger partial charge < -0.3 is 0 Å². The van der Waals surface area contributed by atoms with Crippen LogP contribution in [0.3, 0.4) is 0 Å². The number of nitrogens with zero attached hydrogens (tertiary/aromatic N) is 6. The molecule has 0 unspecified atom stereocenters. The van der Waals surface area contributed by atoms with E-state index < -0.39 is 0 Å². The zero-order valence-electron chi connectivity index (χ0n) is 32.3. The molecule has 0 bridgehead atoms. The highest BCUT2D eigenvalue weighted by molar-refractivity contribution is 6.30. The Morgan fingerprint density at radius 3 is 1.40 bits per heavy atom. The van der Waals surface area contributed by atoms with E-state index >= 15 is 0 Å². The highest BCUT2D eigenvalue weighted by atomic mass is 15.2. The molecule has 0 spiro atoms. The molecule has 0 aliphatic carbocycles. The summed E-state index contributed by atoms with van der Waals surface area (Å²) in [5, 5.41) is 5.67. The summed E-state index contributed by atoms with van der Waals surface area (Å²) in [4.78, 5) is 21.0. The Kier molecular flexibility index (Phi) is 7.74. The maximum Gasteiger partial charge on any atom is 0.238 e. The van der Waals surface area contributed by atoms with Crippen LogP contribution in [0, 0.1) is 0 Å². The van der Waals surface area contributed by atoms with E-state index in [9.17, 15) is 0 Å². The van der Waals surface area contributed by atoms with E-state index in [0.29, 0.717) is 17.6 Å². The Hall–Kier alpha value is -8.22. The van der Waals surface area contributed by atoms with Crippen molar-refractivity contribution >= 4 is 49.0 Å². The molecule has 0 radical (unpaired) electrons. The Morgan fingerprint density at radius 2 is 0.767 bits per heavy atom. The van der Waals surface area contributed by atoms with Crippen molar-refractivity contribution in [3.8, 4) is 62.5 Å². The third-order valence-electron chi connectivity index (χ3n) is 11.6. The van der Waals surface area contributed by atoms with Gasteiger partial charge in [-0.2, -0.15) is 9.97 Å². The molecular weight excluding hydrogens is 733 g/mol. The van der Waals surface area contributed by atoms with Crippen molar-refractivity contribution in [3.63, 3.8) is 0 Å².